The van der Waals surface area contributed by atoms with Gasteiger partial charge in [-0.2, -0.15) is 8.78 Å². The van der Waals surface area contributed by atoms with Crippen LogP contribution >= 0.6 is 0 Å². The van der Waals surface area contributed by atoms with Gasteiger partial charge in [-0.05, 0) is 30.7 Å². The van der Waals surface area contributed by atoms with Crippen LogP contribution in [0.2, 0.25) is 0 Å². The number of rotatable bonds is 5. The molecule has 0 fully saturated rings. The first-order chi connectivity index (χ1) is 9.56. The highest BCUT2D eigenvalue weighted by Gasteiger charge is 2.11. The molecule has 1 aromatic carbocycles. The molecule has 0 spiro atoms. The summed E-state index contributed by atoms with van der Waals surface area (Å²) >= 11 is 0. The lowest BCUT2D eigenvalue weighted by atomic mass is 10.2. The van der Waals surface area contributed by atoms with Crippen LogP contribution in [0.4, 0.5) is 18.9 Å². The van der Waals surface area contributed by atoms with Gasteiger partial charge in [0.25, 0.3) is 0 Å². The van der Waals surface area contributed by atoms with Crippen LogP contribution in [0.15, 0.2) is 36.5 Å². The third-order valence-corrected chi connectivity index (χ3v) is 2.75. The van der Waals surface area contributed by atoms with E-state index in [0.717, 1.165) is 17.3 Å². The Morgan fingerprint density at radius 3 is 2.80 bits per heavy atom. The Balaban J connectivity index is 2.15. The second-order valence-electron chi connectivity index (χ2n) is 4.12. The van der Waals surface area contributed by atoms with Gasteiger partial charge in [-0.25, -0.2) is 4.39 Å². The molecule has 106 valence electrons. The molecule has 0 aliphatic rings. The number of hydrogen-bond donors (Lipinski definition) is 1. The highest BCUT2D eigenvalue weighted by molar-refractivity contribution is 5.56. The second-order valence-corrected chi connectivity index (χ2v) is 4.12. The van der Waals surface area contributed by atoms with Gasteiger partial charge < -0.3 is 10.1 Å². The Morgan fingerprint density at radius 2 is 2.10 bits per heavy atom. The monoisotopic (exact) mass is 282 g/mol. The van der Waals surface area contributed by atoms with Crippen molar-refractivity contribution >= 4 is 5.69 Å². The summed E-state index contributed by atoms with van der Waals surface area (Å²) in [5.41, 5.74) is 2.05. The number of aromatic nitrogens is 1. The van der Waals surface area contributed by atoms with Crippen LogP contribution in [-0.4, -0.2) is 11.6 Å². The average molecular weight is 282 g/mol. The Morgan fingerprint density at radius 1 is 1.30 bits per heavy atom. The van der Waals surface area contributed by atoms with Crippen molar-refractivity contribution in [1.29, 1.82) is 0 Å². The molecule has 2 rings (SSSR count). The maximum atomic E-state index is 13.1. The van der Waals surface area contributed by atoms with Crippen LogP contribution in [-0.2, 0) is 6.54 Å². The van der Waals surface area contributed by atoms with Crippen LogP contribution in [0.1, 0.15) is 11.3 Å². The number of nitrogens with one attached hydrogen (secondary N) is 1. The van der Waals surface area contributed by atoms with Crippen LogP contribution in [0, 0.1) is 12.7 Å². The Bertz CT molecular complexity index is 590. The Labute approximate surface area is 114 Å². The number of alkyl halides is 2. The number of aryl methyl sites for hydroxylation is 1. The average Bonchev–Trinajstić information content (AvgIpc) is 2.39. The molecule has 0 saturated carbocycles. The summed E-state index contributed by atoms with van der Waals surface area (Å²) in [4.78, 5) is 4.13. The minimum Gasteiger partial charge on any atom is -0.433 e. The van der Waals surface area contributed by atoms with Crippen molar-refractivity contribution in [3.63, 3.8) is 0 Å². The van der Waals surface area contributed by atoms with Gasteiger partial charge in [0.05, 0.1) is 5.69 Å². The Kier molecular flexibility index (Phi) is 4.45. The molecule has 1 heterocycles. The molecule has 0 amide bonds. The van der Waals surface area contributed by atoms with E-state index in [0.29, 0.717) is 12.2 Å². The molecule has 0 atom stereocenters. The quantitative estimate of drug-likeness (QED) is 0.907. The highest BCUT2D eigenvalue weighted by atomic mass is 19.3. The summed E-state index contributed by atoms with van der Waals surface area (Å²) < 4.78 is 41.9. The predicted octanol–water partition coefficient (Wildman–Crippen LogP) is 3.74. The first-order valence-corrected chi connectivity index (χ1v) is 5.95. The first-order valence-electron chi connectivity index (χ1n) is 5.95. The van der Waals surface area contributed by atoms with Gasteiger partial charge in [0.15, 0.2) is 5.75 Å². The lowest BCUT2D eigenvalue weighted by Gasteiger charge is -2.13. The largest absolute Gasteiger partial charge is 0.433 e. The van der Waals surface area contributed by atoms with Gasteiger partial charge >= 0.3 is 6.61 Å². The SMILES string of the molecule is Cc1ncccc1CNc1ccc(F)cc1OC(F)F. The summed E-state index contributed by atoms with van der Waals surface area (Å²) in [6, 6.07) is 7.11. The van der Waals surface area contributed by atoms with E-state index >= 15 is 0 Å². The van der Waals surface area contributed by atoms with Crippen LogP contribution in [0.5, 0.6) is 5.75 Å². The van der Waals surface area contributed by atoms with Gasteiger partial charge in [0.1, 0.15) is 5.82 Å². The number of benzene rings is 1. The van der Waals surface area contributed by atoms with Crippen molar-refractivity contribution in [3.05, 3.63) is 53.6 Å². The fourth-order valence-electron chi connectivity index (χ4n) is 1.73. The van der Waals surface area contributed by atoms with Crippen LogP contribution in [0.25, 0.3) is 0 Å². The van der Waals surface area contributed by atoms with Crippen molar-refractivity contribution < 1.29 is 17.9 Å². The van der Waals surface area contributed by atoms with E-state index in [1.54, 1.807) is 12.3 Å². The lowest BCUT2D eigenvalue weighted by molar-refractivity contribution is -0.0495. The van der Waals surface area contributed by atoms with Crippen LogP contribution in [0.3, 0.4) is 0 Å². The third-order valence-electron chi connectivity index (χ3n) is 2.75. The summed E-state index contributed by atoms with van der Waals surface area (Å²) in [6.07, 6.45) is 1.67. The predicted molar refractivity (Wildman–Crippen MR) is 69.3 cm³/mol. The minimum atomic E-state index is -3.00. The first kappa shape index (κ1) is 14.2. The van der Waals surface area contributed by atoms with E-state index in [1.165, 1.54) is 12.1 Å². The molecule has 0 saturated heterocycles. The Hall–Kier alpha value is -2.24. The van der Waals surface area contributed by atoms with Gasteiger partial charge in [-0.15, -0.1) is 0 Å². The highest BCUT2D eigenvalue weighted by Crippen LogP contribution is 2.27. The fraction of sp³-hybridized carbons (Fsp3) is 0.214. The van der Waals surface area contributed by atoms with Crippen molar-refractivity contribution in [2.24, 2.45) is 0 Å². The second kappa shape index (κ2) is 6.27. The maximum Gasteiger partial charge on any atom is 0.387 e. The zero-order valence-corrected chi connectivity index (χ0v) is 10.7. The van der Waals surface area contributed by atoms with Gasteiger partial charge in [0, 0.05) is 24.5 Å². The number of hydrogen-bond acceptors (Lipinski definition) is 3. The van der Waals surface area contributed by atoms with Crippen LogP contribution < -0.4 is 10.1 Å². The smallest absolute Gasteiger partial charge is 0.387 e. The van der Waals surface area contributed by atoms with E-state index < -0.39 is 12.4 Å². The van der Waals surface area contributed by atoms with Gasteiger partial charge in [0.2, 0.25) is 0 Å². The molecule has 1 aromatic heterocycles. The molecule has 1 N–H and O–H groups in total. The molecular formula is C14H13F3N2O. The third kappa shape index (κ3) is 3.63. The molecule has 0 unspecified atom stereocenters. The van der Waals surface area contributed by atoms with Crippen molar-refractivity contribution in [1.82, 2.24) is 4.98 Å². The van der Waals surface area contributed by atoms with Crippen molar-refractivity contribution in [3.8, 4) is 5.75 Å². The van der Waals surface area contributed by atoms with Crippen molar-refractivity contribution in [2.45, 2.75) is 20.1 Å². The zero-order chi connectivity index (χ0) is 14.5. The van der Waals surface area contributed by atoms with E-state index in [2.05, 4.69) is 15.0 Å². The topological polar surface area (TPSA) is 34.2 Å². The fourth-order valence-corrected chi connectivity index (χ4v) is 1.73. The number of ether oxygens (including phenoxy) is 1. The molecule has 0 aliphatic carbocycles. The lowest BCUT2D eigenvalue weighted by Crippen LogP contribution is -2.07. The maximum absolute atomic E-state index is 13.1. The summed E-state index contributed by atoms with van der Waals surface area (Å²) in [6.45, 7) is -0.777. The normalized spacial score (nSPS) is 10.7. The molecule has 3 nitrogen and oxygen atoms in total. The number of pyridine rings is 1. The summed E-state index contributed by atoms with van der Waals surface area (Å²) in [5.74, 6) is -0.856. The summed E-state index contributed by atoms with van der Waals surface area (Å²) in [5, 5.41) is 2.94. The number of nitrogens with zero attached hydrogens (tertiary/aromatic N) is 1. The van der Waals surface area contributed by atoms with E-state index in [-0.39, 0.29) is 5.75 Å². The molecule has 2 aromatic rings. The van der Waals surface area contributed by atoms with Gasteiger partial charge in [-0.3, -0.25) is 4.98 Å². The van der Waals surface area contributed by atoms with Crippen molar-refractivity contribution in [2.75, 3.05) is 5.32 Å². The number of halogens is 3. The van der Waals surface area contributed by atoms with E-state index in [9.17, 15) is 13.2 Å². The van der Waals surface area contributed by atoms with E-state index in [1.807, 2.05) is 13.0 Å². The van der Waals surface area contributed by atoms with E-state index in [4.69, 9.17) is 0 Å². The molecule has 0 bridgehead atoms. The summed E-state index contributed by atoms with van der Waals surface area (Å²) in [7, 11) is 0. The molecular weight excluding hydrogens is 269 g/mol. The molecule has 0 aliphatic heterocycles. The molecule has 20 heavy (non-hydrogen) atoms. The standard InChI is InChI=1S/C14H13F3N2O/c1-9-10(3-2-6-18-9)8-19-12-5-4-11(15)7-13(12)20-14(16)17/h2-7,14,19H,8H2,1H3. The number of anilines is 1. The molecule has 0 radical (unpaired) electrons. The molecule has 6 heteroatoms. The zero-order valence-electron chi connectivity index (χ0n) is 10.7. The minimum absolute atomic E-state index is 0.221. The van der Waals surface area contributed by atoms with Gasteiger partial charge in [-0.1, -0.05) is 6.07 Å².